The molecule has 4 rings (SSSR count). The lowest BCUT2D eigenvalue weighted by Crippen LogP contribution is -1.92. The van der Waals surface area contributed by atoms with Crippen LogP contribution >= 0.6 is 0 Å². The van der Waals surface area contributed by atoms with Gasteiger partial charge in [-0.25, -0.2) is 9.97 Å². The molecule has 0 saturated carbocycles. The zero-order valence-electron chi connectivity index (χ0n) is 10.4. The van der Waals surface area contributed by atoms with Crippen LogP contribution in [0.15, 0.2) is 49.1 Å². The lowest BCUT2D eigenvalue weighted by atomic mass is 10.1. The highest BCUT2D eigenvalue weighted by atomic mass is 15.2. The molecule has 3 heterocycles. The van der Waals surface area contributed by atoms with Crippen molar-refractivity contribution in [3.63, 3.8) is 0 Å². The van der Waals surface area contributed by atoms with Crippen molar-refractivity contribution in [1.82, 2.24) is 25.1 Å². The second-order valence-corrected chi connectivity index (χ2v) is 4.39. The third-order valence-corrected chi connectivity index (χ3v) is 3.10. The summed E-state index contributed by atoms with van der Waals surface area (Å²) in [4.78, 5) is 12.5. The number of hydrogen-bond donors (Lipinski definition) is 2. The second kappa shape index (κ2) is 4.27. The molecule has 0 aliphatic rings. The van der Waals surface area contributed by atoms with Crippen LogP contribution in [0.3, 0.4) is 0 Å². The Morgan fingerprint density at radius 2 is 1.90 bits per heavy atom. The summed E-state index contributed by atoms with van der Waals surface area (Å²) < 4.78 is 0. The molecule has 0 amide bonds. The van der Waals surface area contributed by atoms with Crippen LogP contribution in [-0.2, 0) is 0 Å². The van der Waals surface area contributed by atoms with Crippen LogP contribution in [0.4, 0.5) is 11.5 Å². The molecule has 6 heteroatoms. The number of benzene rings is 1. The Balaban J connectivity index is 1.76. The van der Waals surface area contributed by atoms with Crippen LogP contribution in [0.2, 0.25) is 0 Å². The van der Waals surface area contributed by atoms with Gasteiger partial charge in [0, 0.05) is 35.9 Å². The Hall–Kier alpha value is -3.02. The number of nitrogens with one attached hydrogen (secondary N) is 2. The van der Waals surface area contributed by atoms with Gasteiger partial charge in [0.05, 0.1) is 0 Å². The van der Waals surface area contributed by atoms with Gasteiger partial charge in [0.15, 0.2) is 11.3 Å². The van der Waals surface area contributed by atoms with Crippen molar-refractivity contribution >= 4 is 33.4 Å². The number of nitrogens with zero attached hydrogens (tertiary/aromatic N) is 4. The van der Waals surface area contributed by atoms with Crippen molar-refractivity contribution in [3.8, 4) is 0 Å². The van der Waals surface area contributed by atoms with E-state index in [4.69, 9.17) is 0 Å². The normalized spacial score (nSPS) is 11.0. The second-order valence-electron chi connectivity index (χ2n) is 4.39. The molecule has 1 aromatic carbocycles. The van der Waals surface area contributed by atoms with E-state index in [0.717, 1.165) is 27.8 Å². The minimum Gasteiger partial charge on any atom is -0.339 e. The summed E-state index contributed by atoms with van der Waals surface area (Å²) in [6.07, 6.45) is 6.89. The first-order valence-electron chi connectivity index (χ1n) is 6.16. The number of hydrogen-bond acceptors (Lipinski definition) is 5. The van der Waals surface area contributed by atoms with Crippen LogP contribution < -0.4 is 5.32 Å². The van der Waals surface area contributed by atoms with Crippen molar-refractivity contribution in [2.24, 2.45) is 0 Å². The van der Waals surface area contributed by atoms with Gasteiger partial charge < -0.3 is 5.32 Å². The van der Waals surface area contributed by atoms with Gasteiger partial charge in [0.2, 0.25) is 5.65 Å². The standard InChI is InChI=1S/C14H10N6/c1-2-11(7-9-3-4-15-8-10(1)9)18-14-12-13(19-20-14)17-6-5-16-12/h1-8H,(H2,17,18,19,20). The number of aromatic amines is 1. The van der Waals surface area contributed by atoms with E-state index in [0.29, 0.717) is 5.65 Å². The van der Waals surface area contributed by atoms with Crippen molar-refractivity contribution < 1.29 is 0 Å². The molecule has 0 radical (unpaired) electrons. The third-order valence-electron chi connectivity index (χ3n) is 3.10. The fourth-order valence-corrected chi connectivity index (χ4v) is 2.14. The number of H-pyrrole nitrogens is 1. The Kier molecular flexibility index (Phi) is 2.32. The van der Waals surface area contributed by atoms with E-state index >= 15 is 0 Å². The monoisotopic (exact) mass is 262 g/mol. The quantitative estimate of drug-likeness (QED) is 0.580. The van der Waals surface area contributed by atoms with Gasteiger partial charge in [0.25, 0.3) is 0 Å². The maximum atomic E-state index is 4.27. The summed E-state index contributed by atoms with van der Waals surface area (Å²) in [5, 5.41) is 12.5. The van der Waals surface area contributed by atoms with Gasteiger partial charge in [-0.1, -0.05) is 6.07 Å². The molecular formula is C14H10N6. The molecule has 4 aromatic rings. The zero-order valence-corrected chi connectivity index (χ0v) is 10.4. The van der Waals surface area contributed by atoms with E-state index in [9.17, 15) is 0 Å². The molecule has 0 fully saturated rings. The number of aromatic nitrogens is 5. The summed E-state index contributed by atoms with van der Waals surface area (Å²) in [5.41, 5.74) is 2.28. The Morgan fingerprint density at radius 1 is 0.950 bits per heavy atom. The summed E-state index contributed by atoms with van der Waals surface area (Å²) in [7, 11) is 0. The zero-order chi connectivity index (χ0) is 13.4. The largest absolute Gasteiger partial charge is 0.339 e. The molecule has 0 spiro atoms. The van der Waals surface area contributed by atoms with E-state index in [1.165, 1.54) is 0 Å². The average Bonchev–Trinajstić information content (AvgIpc) is 2.91. The highest BCUT2D eigenvalue weighted by molar-refractivity contribution is 5.89. The van der Waals surface area contributed by atoms with Crippen molar-refractivity contribution in [1.29, 1.82) is 0 Å². The van der Waals surface area contributed by atoms with E-state index in [1.807, 2.05) is 24.4 Å². The molecule has 6 nitrogen and oxygen atoms in total. The van der Waals surface area contributed by atoms with Gasteiger partial charge in [-0.15, -0.1) is 0 Å². The van der Waals surface area contributed by atoms with Crippen LogP contribution in [0, 0.1) is 0 Å². The molecular weight excluding hydrogens is 252 g/mol. The van der Waals surface area contributed by atoms with E-state index in [1.54, 1.807) is 18.6 Å². The molecule has 20 heavy (non-hydrogen) atoms. The van der Waals surface area contributed by atoms with E-state index in [2.05, 4.69) is 36.5 Å². The molecule has 0 aliphatic carbocycles. The van der Waals surface area contributed by atoms with Crippen LogP contribution in [0.1, 0.15) is 0 Å². The maximum absolute atomic E-state index is 4.27. The van der Waals surface area contributed by atoms with E-state index in [-0.39, 0.29) is 0 Å². The predicted molar refractivity (Wildman–Crippen MR) is 76.7 cm³/mol. The summed E-state index contributed by atoms with van der Waals surface area (Å²) in [6, 6.07) is 8.05. The first-order chi connectivity index (χ1) is 9.90. The topological polar surface area (TPSA) is 79.4 Å². The highest BCUT2D eigenvalue weighted by Gasteiger charge is 2.07. The van der Waals surface area contributed by atoms with Gasteiger partial charge >= 0.3 is 0 Å². The molecule has 0 atom stereocenters. The van der Waals surface area contributed by atoms with Crippen LogP contribution in [0.25, 0.3) is 21.9 Å². The van der Waals surface area contributed by atoms with Gasteiger partial charge in [-0.2, -0.15) is 5.10 Å². The number of rotatable bonds is 2. The molecule has 0 bridgehead atoms. The highest BCUT2D eigenvalue weighted by Crippen LogP contribution is 2.23. The van der Waals surface area contributed by atoms with E-state index < -0.39 is 0 Å². The van der Waals surface area contributed by atoms with Crippen molar-refractivity contribution in [3.05, 3.63) is 49.1 Å². The summed E-state index contributed by atoms with van der Waals surface area (Å²) in [6.45, 7) is 0. The fourth-order valence-electron chi connectivity index (χ4n) is 2.14. The first-order valence-corrected chi connectivity index (χ1v) is 6.16. The average molecular weight is 262 g/mol. The SMILES string of the molecule is c1cc2cc(Nc3[nH]nc4nccnc34)ccc2cn1. The Bertz CT molecular complexity index is 898. The minimum atomic E-state index is 0.597. The Labute approximate surface area is 113 Å². The van der Waals surface area contributed by atoms with Gasteiger partial charge in [-0.3, -0.25) is 10.1 Å². The maximum Gasteiger partial charge on any atom is 0.201 e. The van der Waals surface area contributed by atoms with Crippen LogP contribution in [0.5, 0.6) is 0 Å². The Morgan fingerprint density at radius 3 is 2.90 bits per heavy atom. The molecule has 96 valence electrons. The first kappa shape index (κ1) is 10.9. The molecule has 0 aliphatic heterocycles. The predicted octanol–water partition coefficient (Wildman–Crippen LogP) is 2.64. The van der Waals surface area contributed by atoms with Crippen molar-refractivity contribution in [2.75, 3.05) is 5.32 Å². The molecule has 2 N–H and O–H groups in total. The van der Waals surface area contributed by atoms with Gasteiger partial charge in [-0.05, 0) is 23.6 Å². The van der Waals surface area contributed by atoms with Crippen molar-refractivity contribution in [2.45, 2.75) is 0 Å². The molecule has 0 unspecified atom stereocenters. The number of fused-ring (bicyclic) bond motifs is 2. The van der Waals surface area contributed by atoms with Gasteiger partial charge in [0.1, 0.15) is 0 Å². The lowest BCUT2D eigenvalue weighted by Gasteiger charge is -2.05. The minimum absolute atomic E-state index is 0.597. The number of anilines is 2. The smallest absolute Gasteiger partial charge is 0.201 e. The summed E-state index contributed by atoms with van der Waals surface area (Å²) in [5.74, 6) is 0.738. The molecule has 3 aromatic heterocycles. The summed E-state index contributed by atoms with van der Waals surface area (Å²) >= 11 is 0. The van der Waals surface area contributed by atoms with Crippen LogP contribution in [-0.4, -0.2) is 25.1 Å². The fraction of sp³-hybridized carbons (Fsp3) is 0. The number of pyridine rings is 1. The lowest BCUT2D eigenvalue weighted by molar-refractivity contribution is 1.10. The third kappa shape index (κ3) is 1.74. The molecule has 0 saturated heterocycles.